The van der Waals surface area contributed by atoms with Crippen LogP contribution in [0.4, 0.5) is 13.2 Å². The monoisotopic (exact) mass is 420 g/mol. The van der Waals surface area contributed by atoms with E-state index >= 15 is 0 Å². The average Bonchev–Trinajstić information content (AvgIpc) is 3.03. The van der Waals surface area contributed by atoms with E-state index in [1.807, 2.05) is 4.90 Å². The fourth-order valence-electron chi connectivity index (χ4n) is 3.33. The molecule has 1 fully saturated rings. The SMILES string of the molecule is CCC1CCCCN1C(=O)C(C)Sc1nnc2c(Cl)cc(C(F)(F)F)cn12. The Morgan fingerprint density at radius 3 is 2.81 bits per heavy atom. The summed E-state index contributed by atoms with van der Waals surface area (Å²) in [5.41, 5.74) is -0.751. The van der Waals surface area contributed by atoms with Crippen LogP contribution in [0.1, 0.15) is 45.1 Å². The molecule has 2 aromatic rings. The smallest absolute Gasteiger partial charge is 0.339 e. The van der Waals surface area contributed by atoms with Crippen molar-refractivity contribution in [2.24, 2.45) is 0 Å². The van der Waals surface area contributed by atoms with Gasteiger partial charge in [-0.15, -0.1) is 10.2 Å². The summed E-state index contributed by atoms with van der Waals surface area (Å²) >= 11 is 7.03. The quantitative estimate of drug-likeness (QED) is 0.674. The number of thioether (sulfide) groups is 1. The summed E-state index contributed by atoms with van der Waals surface area (Å²) in [6.07, 6.45) is 0.332. The van der Waals surface area contributed by atoms with Gasteiger partial charge in [0, 0.05) is 18.8 Å². The predicted molar refractivity (Wildman–Crippen MR) is 98.0 cm³/mol. The van der Waals surface area contributed by atoms with Crippen molar-refractivity contribution in [3.63, 3.8) is 0 Å². The molecule has 3 heterocycles. The summed E-state index contributed by atoms with van der Waals surface area (Å²) in [5, 5.41) is 7.39. The van der Waals surface area contributed by atoms with Crippen molar-refractivity contribution < 1.29 is 18.0 Å². The molecule has 1 aliphatic rings. The lowest BCUT2D eigenvalue weighted by molar-refractivity contribution is -0.138. The first-order valence-electron chi connectivity index (χ1n) is 8.81. The molecule has 5 nitrogen and oxygen atoms in total. The molecule has 0 aromatic carbocycles. The summed E-state index contributed by atoms with van der Waals surface area (Å²) < 4.78 is 40.4. The van der Waals surface area contributed by atoms with Crippen LogP contribution in [0.5, 0.6) is 0 Å². The van der Waals surface area contributed by atoms with Crippen LogP contribution in [-0.2, 0) is 11.0 Å². The zero-order chi connectivity index (χ0) is 19.8. The van der Waals surface area contributed by atoms with Gasteiger partial charge in [0.15, 0.2) is 10.8 Å². The van der Waals surface area contributed by atoms with E-state index in [2.05, 4.69) is 17.1 Å². The molecular formula is C17H20ClF3N4OS. The molecule has 2 atom stereocenters. The van der Waals surface area contributed by atoms with E-state index < -0.39 is 17.0 Å². The summed E-state index contributed by atoms with van der Waals surface area (Å²) in [6, 6.07) is 1.05. The lowest BCUT2D eigenvalue weighted by Gasteiger charge is -2.36. The van der Waals surface area contributed by atoms with Gasteiger partial charge in [0.2, 0.25) is 5.91 Å². The van der Waals surface area contributed by atoms with Crippen molar-refractivity contribution in [1.29, 1.82) is 0 Å². The van der Waals surface area contributed by atoms with E-state index in [0.717, 1.165) is 49.7 Å². The number of hydrogen-bond donors (Lipinski definition) is 0. The molecule has 0 spiro atoms. The van der Waals surface area contributed by atoms with E-state index in [1.54, 1.807) is 6.92 Å². The maximum absolute atomic E-state index is 13.1. The zero-order valence-corrected chi connectivity index (χ0v) is 16.5. The van der Waals surface area contributed by atoms with Crippen molar-refractivity contribution in [1.82, 2.24) is 19.5 Å². The van der Waals surface area contributed by atoms with Crippen LogP contribution in [0, 0.1) is 0 Å². The number of halogens is 4. The summed E-state index contributed by atoms with van der Waals surface area (Å²) in [5.74, 6) is -0.0265. The fourth-order valence-corrected chi connectivity index (χ4v) is 4.47. The Morgan fingerprint density at radius 2 is 2.15 bits per heavy atom. The van der Waals surface area contributed by atoms with E-state index in [4.69, 9.17) is 11.6 Å². The molecule has 27 heavy (non-hydrogen) atoms. The van der Waals surface area contributed by atoms with Crippen LogP contribution in [0.15, 0.2) is 17.4 Å². The Labute approximate surface area is 164 Å². The Balaban J connectivity index is 1.85. The van der Waals surface area contributed by atoms with Gasteiger partial charge in [-0.05, 0) is 38.7 Å². The number of fused-ring (bicyclic) bond motifs is 1. The second-order valence-electron chi connectivity index (χ2n) is 6.60. The van der Waals surface area contributed by atoms with Crippen LogP contribution in [-0.4, -0.2) is 43.2 Å². The number of nitrogens with zero attached hydrogens (tertiary/aromatic N) is 4. The Hall–Kier alpha value is -1.48. The highest BCUT2D eigenvalue weighted by molar-refractivity contribution is 8.00. The average molecular weight is 421 g/mol. The molecule has 1 amide bonds. The number of alkyl halides is 3. The maximum atomic E-state index is 13.1. The van der Waals surface area contributed by atoms with Crippen LogP contribution >= 0.6 is 23.4 Å². The summed E-state index contributed by atoms with van der Waals surface area (Å²) in [7, 11) is 0. The van der Waals surface area contributed by atoms with Crippen LogP contribution in [0.3, 0.4) is 0 Å². The van der Waals surface area contributed by atoms with Crippen LogP contribution in [0.2, 0.25) is 5.02 Å². The summed E-state index contributed by atoms with van der Waals surface area (Å²) in [6.45, 7) is 4.51. The maximum Gasteiger partial charge on any atom is 0.417 e. The third-order valence-corrected chi connectivity index (χ3v) is 6.09. The molecule has 0 N–H and O–H groups in total. The molecule has 1 saturated heterocycles. The zero-order valence-electron chi connectivity index (χ0n) is 15.0. The van der Waals surface area contributed by atoms with Crippen molar-refractivity contribution in [2.45, 2.75) is 62.2 Å². The molecule has 0 aliphatic carbocycles. The third kappa shape index (κ3) is 4.18. The van der Waals surface area contributed by atoms with E-state index in [9.17, 15) is 18.0 Å². The lowest BCUT2D eigenvalue weighted by atomic mass is 10.00. The third-order valence-electron chi connectivity index (χ3n) is 4.77. The van der Waals surface area contributed by atoms with E-state index in [0.29, 0.717) is 6.54 Å². The largest absolute Gasteiger partial charge is 0.417 e. The normalized spacial score (nSPS) is 19.5. The second kappa shape index (κ2) is 7.87. The number of carbonyl (C=O) groups is 1. The first-order valence-corrected chi connectivity index (χ1v) is 10.1. The number of likely N-dealkylation sites (tertiary alicyclic amines) is 1. The standard InChI is InChI=1S/C17H20ClF3N4OS/c1-3-12-6-4-5-7-24(12)15(26)10(2)27-16-23-22-14-13(18)8-11(9-25(14)16)17(19,20)21/h8-10,12H,3-7H2,1-2H3. The fraction of sp³-hybridized carbons (Fsp3) is 0.588. The number of aromatic nitrogens is 3. The lowest BCUT2D eigenvalue weighted by Crippen LogP contribution is -2.46. The van der Waals surface area contributed by atoms with Gasteiger partial charge < -0.3 is 4.90 Å². The molecule has 0 bridgehead atoms. The Morgan fingerprint density at radius 1 is 1.41 bits per heavy atom. The van der Waals surface area contributed by atoms with Crippen molar-refractivity contribution in [2.75, 3.05) is 6.54 Å². The minimum Gasteiger partial charge on any atom is -0.339 e. The first-order chi connectivity index (χ1) is 12.7. The van der Waals surface area contributed by atoms with Gasteiger partial charge in [0.1, 0.15) is 0 Å². The van der Waals surface area contributed by atoms with Crippen LogP contribution in [0.25, 0.3) is 5.65 Å². The highest BCUT2D eigenvalue weighted by atomic mass is 35.5. The number of pyridine rings is 1. The molecule has 2 unspecified atom stereocenters. The van der Waals surface area contributed by atoms with Gasteiger partial charge in [-0.25, -0.2) is 0 Å². The number of rotatable bonds is 4. The Bertz CT molecular complexity index is 841. The van der Waals surface area contributed by atoms with E-state index in [-0.39, 0.29) is 27.8 Å². The highest BCUT2D eigenvalue weighted by Crippen LogP contribution is 2.34. The molecule has 10 heteroatoms. The van der Waals surface area contributed by atoms with Gasteiger partial charge in [-0.2, -0.15) is 13.2 Å². The van der Waals surface area contributed by atoms with Gasteiger partial charge in [0.25, 0.3) is 0 Å². The molecule has 1 aliphatic heterocycles. The first kappa shape index (κ1) is 20.3. The molecular weight excluding hydrogens is 401 g/mol. The number of piperidine rings is 1. The number of hydrogen-bond acceptors (Lipinski definition) is 4. The molecule has 0 radical (unpaired) electrons. The van der Waals surface area contributed by atoms with E-state index in [1.165, 1.54) is 4.40 Å². The van der Waals surface area contributed by atoms with Crippen molar-refractivity contribution in [3.8, 4) is 0 Å². The van der Waals surface area contributed by atoms with Gasteiger partial charge in [-0.1, -0.05) is 30.3 Å². The van der Waals surface area contributed by atoms with Crippen molar-refractivity contribution in [3.05, 3.63) is 22.8 Å². The van der Waals surface area contributed by atoms with Gasteiger partial charge >= 0.3 is 6.18 Å². The minimum absolute atomic E-state index is 0.0265. The Kier molecular flexibility index (Phi) is 5.90. The molecule has 2 aromatic heterocycles. The molecule has 3 rings (SSSR count). The van der Waals surface area contributed by atoms with Crippen LogP contribution < -0.4 is 0 Å². The second-order valence-corrected chi connectivity index (χ2v) is 8.32. The number of carbonyl (C=O) groups excluding carboxylic acids is 1. The highest BCUT2D eigenvalue weighted by Gasteiger charge is 2.33. The van der Waals surface area contributed by atoms with Gasteiger partial charge in [-0.3, -0.25) is 9.20 Å². The topological polar surface area (TPSA) is 50.5 Å². The summed E-state index contributed by atoms with van der Waals surface area (Å²) in [4.78, 5) is 14.8. The number of amides is 1. The molecule has 0 saturated carbocycles. The minimum atomic E-state index is -4.53. The molecule has 148 valence electrons. The van der Waals surface area contributed by atoms with Gasteiger partial charge in [0.05, 0.1) is 15.8 Å². The predicted octanol–water partition coefficient (Wildman–Crippen LogP) is 4.67. The van der Waals surface area contributed by atoms with Crippen molar-refractivity contribution >= 4 is 34.9 Å².